The molecule has 4 aromatic rings. The Bertz CT molecular complexity index is 1320. The largest absolute Gasteiger partial charge is 0.332 e. The molecule has 0 bridgehead atoms. The standard InChI is InChI=1S/C24H21N5O3/c1-16-4-8-18(9-5-16)23-25-24(32-27-23)20-12-13-22(31)29(26-20)15-17-6-10-19(11-7-17)28-14-2-3-21(28)30/h4-13H,2-3,14-15H2,1H3. The molecular formula is C24H21N5O3. The van der Waals surface area contributed by atoms with Gasteiger partial charge < -0.3 is 9.42 Å². The topological polar surface area (TPSA) is 94.1 Å². The Morgan fingerprint density at radius 1 is 0.969 bits per heavy atom. The molecule has 0 spiro atoms. The van der Waals surface area contributed by atoms with Crippen molar-refractivity contribution in [2.24, 2.45) is 0 Å². The van der Waals surface area contributed by atoms with Crippen molar-refractivity contribution in [2.75, 3.05) is 11.4 Å². The van der Waals surface area contributed by atoms with Crippen LogP contribution in [-0.4, -0.2) is 32.4 Å². The number of nitrogens with zero attached hydrogens (tertiary/aromatic N) is 5. The Hall–Kier alpha value is -4.07. The van der Waals surface area contributed by atoms with Crippen molar-refractivity contribution in [3.8, 4) is 23.0 Å². The van der Waals surface area contributed by atoms with Crippen molar-refractivity contribution in [2.45, 2.75) is 26.3 Å². The molecule has 2 aromatic heterocycles. The molecule has 0 N–H and O–H groups in total. The highest BCUT2D eigenvalue weighted by Gasteiger charge is 2.21. The van der Waals surface area contributed by atoms with E-state index in [0.29, 0.717) is 24.5 Å². The molecular weight excluding hydrogens is 406 g/mol. The molecule has 1 aliphatic heterocycles. The lowest BCUT2D eigenvalue weighted by Crippen LogP contribution is -2.24. The summed E-state index contributed by atoms with van der Waals surface area (Å²) in [5, 5.41) is 8.45. The average molecular weight is 427 g/mol. The average Bonchev–Trinajstić information content (AvgIpc) is 3.46. The summed E-state index contributed by atoms with van der Waals surface area (Å²) < 4.78 is 6.75. The first-order valence-electron chi connectivity index (χ1n) is 10.5. The van der Waals surface area contributed by atoms with E-state index in [-0.39, 0.29) is 17.4 Å². The summed E-state index contributed by atoms with van der Waals surface area (Å²) in [7, 11) is 0. The molecule has 8 nitrogen and oxygen atoms in total. The van der Waals surface area contributed by atoms with E-state index in [1.165, 1.54) is 10.7 Å². The summed E-state index contributed by atoms with van der Waals surface area (Å²) in [5.41, 5.74) is 3.96. The second-order valence-electron chi connectivity index (χ2n) is 7.82. The van der Waals surface area contributed by atoms with Gasteiger partial charge in [-0.3, -0.25) is 9.59 Å². The zero-order chi connectivity index (χ0) is 22.1. The second-order valence-corrected chi connectivity index (χ2v) is 7.82. The third kappa shape index (κ3) is 3.94. The number of aryl methyl sites for hydroxylation is 1. The van der Waals surface area contributed by atoms with E-state index in [9.17, 15) is 9.59 Å². The molecule has 5 rings (SSSR count). The van der Waals surface area contributed by atoms with Crippen LogP contribution in [0.4, 0.5) is 5.69 Å². The van der Waals surface area contributed by atoms with Gasteiger partial charge in [-0.05, 0) is 37.1 Å². The van der Waals surface area contributed by atoms with Crippen LogP contribution in [0.1, 0.15) is 24.0 Å². The Balaban J connectivity index is 1.37. The lowest BCUT2D eigenvalue weighted by molar-refractivity contribution is -0.117. The minimum Gasteiger partial charge on any atom is -0.332 e. The summed E-state index contributed by atoms with van der Waals surface area (Å²) in [4.78, 5) is 30.5. The van der Waals surface area contributed by atoms with Crippen LogP contribution in [0.15, 0.2) is 70.0 Å². The third-order valence-electron chi connectivity index (χ3n) is 5.48. The van der Waals surface area contributed by atoms with E-state index in [2.05, 4.69) is 15.2 Å². The van der Waals surface area contributed by atoms with E-state index in [1.54, 1.807) is 11.0 Å². The minimum absolute atomic E-state index is 0.146. The molecule has 0 saturated carbocycles. The van der Waals surface area contributed by atoms with Crippen molar-refractivity contribution < 1.29 is 9.32 Å². The first kappa shape index (κ1) is 19.9. The molecule has 32 heavy (non-hydrogen) atoms. The Morgan fingerprint density at radius 3 is 2.47 bits per heavy atom. The summed E-state index contributed by atoms with van der Waals surface area (Å²) in [6.45, 7) is 3.05. The molecule has 1 amide bonds. The fourth-order valence-corrected chi connectivity index (χ4v) is 3.70. The number of hydrogen-bond donors (Lipinski definition) is 0. The van der Waals surface area contributed by atoms with Gasteiger partial charge in [-0.2, -0.15) is 10.1 Å². The molecule has 0 radical (unpaired) electrons. The fraction of sp³-hybridized carbons (Fsp3) is 0.208. The Labute approximate surface area is 184 Å². The van der Waals surface area contributed by atoms with Gasteiger partial charge in [0.15, 0.2) is 0 Å². The van der Waals surface area contributed by atoms with Crippen molar-refractivity contribution in [3.63, 3.8) is 0 Å². The van der Waals surface area contributed by atoms with Crippen LogP contribution in [0.5, 0.6) is 0 Å². The van der Waals surface area contributed by atoms with Crippen LogP contribution < -0.4 is 10.5 Å². The van der Waals surface area contributed by atoms with Gasteiger partial charge in [-0.1, -0.05) is 47.1 Å². The number of anilines is 1. The maximum atomic E-state index is 12.4. The predicted octanol–water partition coefficient (Wildman–Crippen LogP) is 3.44. The van der Waals surface area contributed by atoms with Crippen LogP contribution in [0.2, 0.25) is 0 Å². The highest BCUT2D eigenvalue weighted by Crippen LogP contribution is 2.23. The molecule has 8 heteroatoms. The summed E-state index contributed by atoms with van der Waals surface area (Å²) in [5.74, 6) is 0.858. The SMILES string of the molecule is Cc1ccc(-c2noc(-c3ccc(=O)n(Cc4ccc(N5CCCC5=O)cc4)n3)n2)cc1. The number of rotatable bonds is 5. The number of hydrogen-bond acceptors (Lipinski definition) is 6. The quantitative estimate of drug-likeness (QED) is 0.484. The molecule has 2 aromatic carbocycles. The number of benzene rings is 2. The molecule has 0 aliphatic carbocycles. The van der Waals surface area contributed by atoms with Crippen molar-refractivity contribution in [3.05, 3.63) is 82.1 Å². The maximum absolute atomic E-state index is 12.4. The monoisotopic (exact) mass is 427 g/mol. The van der Waals surface area contributed by atoms with Crippen molar-refractivity contribution in [1.29, 1.82) is 0 Å². The number of aromatic nitrogens is 4. The smallest absolute Gasteiger partial charge is 0.278 e. The van der Waals surface area contributed by atoms with Crippen LogP contribution in [0.3, 0.4) is 0 Å². The molecule has 1 aliphatic rings. The molecule has 3 heterocycles. The highest BCUT2D eigenvalue weighted by atomic mass is 16.5. The molecule has 1 fully saturated rings. The molecule has 1 saturated heterocycles. The van der Waals surface area contributed by atoms with Crippen LogP contribution in [0.25, 0.3) is 23.0 Å². The number of carbonyl (C=O) groups excluding carboxylic acids is 1. The fourth-order valence-electron chi connectivity index (χ4n) is 3.70. The molecule has 0 unspecified atom stereocenters. The predicted molar refractivity (Wildman–Crippen MR) is 119 cm³/mol. The van der Waals surface area contributed by atoms with Gasteiger partial charge in [-0.25, -0.2) is 4.68 Å². The molecule has 160 valence electrons. The van der Waals surface area contributed by atoms with E-state index < -0.39 is 0 Å². The number of amides is 1. The summed E-state index contributed by atoms with van der Waals surface area (Å²) in [6, 6.07) is 18.5. The lowest BCUT2D eigenvalue weighted by Gasteiger charge is -2.16. The van der Waals surface area contributed by atoms with Crippen LogP contribution in [-0.2, 0) is 11.3 Å². The van der Waals surface area contributed by atoms with Gasteiger partial charge in [0, 0.05) is 30.3 Å². The van der Waals surface area contributed by atoms with E-state index in [1.807, 2.05) is 55.5 Å². The first-order chi connectivity index (χ1) is 15.6. The van der Waals surface area contributed by atoms with Crippen molar-refractivity contribution >= 4 is 11.6 Å². The van der Waals surface area contributed by atoms with E-state index >= 15 is 0 Å². The Morgan fingerprint density at radius 2 is 1.75 bits per heavy atom. The van der Waals surface area contributed by atoms with Gasteiger partial charge in [0.2, 0.25) is 11.7 Å². The van der Waals surface area contributed by atoms with Gasteiger partial charge in [0.05, 0.1) is 6.54 Å². The third-order valence-corrected chi connectivity index (χ3v) is 5.48. The highest BCUT2D eigenvalue weighted by molar-refractivity contribution is 5.95. The van der Waals surface area contributed by atoms with E-state index in [4.69, 9.17) is 4.52 Å². The summed E-state index contributed by atoms with van der Waals surface area (Å²) >= 11 is 0. The summed E-state index contributed by atoms with van der Waals surface area (Å²) in [6.07, 6.45) is 1.48. The van der Waals surface area contributed by atoms with Crippen LogP contribution in [0, 0.1) is 6.92 Å². The second kappa shape index (κ2) is 8.22. The zero-order valence-corrected chi connectivity index (χ0v) is 17.6. The van der Waals surface area contributed by atoms with Gasteiger partial charge in [-0.15, -0.1) is 0 Å². The zero-order valence-electron chi connectivity index (χ0n) is 17.6. The first-order valence-corrected chi connectivity index (χ1v) is 10.5. The van der Waals surface area contributed by atoms with Gasteiger partial charge in [0.25, 0.3) is 11.4 Å². The molecule has 0 atom stereocenters. The Kier molecular flexibility index (Phi) is 5.10. The van der Waals surface area contributed by atoms with Gasteiger partial charge in [0.1, 0.15) is 5.69 Å². The van der Waals surface area contributed by atoms with E-state index in [0.717, 1.165) is 35.3 Å². The lowest BCUT2D eigenvalue weighted by atomic mass is 10.1. The maximum Gasteiger partial charge on any atom is 0.278 e. The normalized spacial score (nSPS) is 13.7. The van der Waals surface area contributed by atoms with Crippen molar-refractivity contribution in [1.82, 2.24) is 19.9 Å². The minimum atomic E-state index is -0.231. The number of carbonyl (C=O) groups is 1. The van der Waals surface area contributed by atoms with Crippen LogP contribution >= 0.6 is 0 Å². The van der Waals surface area contributed by atoms with Gasteiger partial charge >= 0.3 is 0 Å².